The molecule has 0 aliphatic carbocycles. The quantitative estimate of drug-likeness (QED) is 0.575. The molecule has 1 aliphatic rings. The summed E-state index contributed by atoms with van der Waals surface area (Å²) in [4.78, 5) is 38.2. The van der Waals surface area contributed by atoms with E-state index >= 15 is 0 Å². The van der Waals surface area contributed by atoms with Crippen LogP contribution < -0.4 is 5.32 Å². The summed E-state index contributed by atoms with van der Waals surface area (Å²) < 4.78 is 0.741. The minimum Gasteiger partial charge on any atom is -0.478 e. The highest BCUT2D eigenvalue weighted by atomic mass is 79.9. The number of hydrogen-bond donors (Lipinski definition) is 3. The standard InChI is InChI=1S/C17H10BrN3O4/c18-10-3-1-2-8-12(16(22)20-13(8)10)15-14(21-25)9-6-7(17(23)24)4-5-11(9)19-15/h1-6,12,19H,(H,20,22)(H,23,24). The number of amides is 1. The fourth-order valence-corrected chi connectivity index (χ4v) is 3.66. The Kier molecular flexibility index (Phi) is 3.43. The van der Waals surface area contributed by atoms with E-state index in [2.05, 4.69) is 31.4 Å². The van der Waals surface area contributed by atoms with Crippen molar-refractivity contribution >= 4 is 50.1 Å². The van der Waals surface area contributed by atoms with E-state index in [-0.39, 0.29) is 17.2 Å². The molecule has 2 aromatic carbocycles. The second-order valence-corrected chi connectivity index (χ2v) is 6.52. The summed E-state index contributed by atoms with van der Waals surface area (Å²) in [5.74, 6) is -2.10. The molecule has 1 aliphatic heterocycles. The van der Waals surface area contributed by atoms with Gasteiger partial charge in [0.1, 0.15) is 11.6 Å². The molecule has 1 unspecified atom stereocenters. The van der Waals surface area contributed by atoms with Crippen LogP contribution in [-0.2, 0) is 4.79 Å². The molecule has 1 atom stereocenters. The van der Waals surface area contributed by atoms with Gasteiger partial charge in [0.2, 0.25) is 5.91 Å². The van der Waals surface area contributed by atoms with Gasteiger partial charge in [0, 0.05) is 15.4 Å². The van der Waals surface area contributed by atoms with Crippen molar-refractivity contribution in [2.24, 2.45) is 5.18 Å². The molecule has 3 N–H and O–H groups in total. The van der Waals surface area contributed by atoms with Crippen LogP contribution >= 0.6 is 15.9 Å². The topological polar surface area (TPSA) is 112 Å². The molecule has 8 heteroatoms. The number of hydrogen-bond acceptors (Lipinski definition) is 4. The third kappa shape index (κ3) is 2.25. The van der Waals surface area contributed by atoms with Crippen LogP contribution in [0.25, 0.3) is 10.9 Å². The maximum atomic E-state index is 12.5. The Morgan fingerprint density at radius 2 is 2.04 bits per heavy atom. The van der Waals surface area contributed by atoms with Crippen molar-refractivity contribution in [1.29, 1.82) is 0 Å². The van der Waals surface area contributed by atoms with Gasteiger partial charge in [0.05, 0.1) is 16.9 Å². The second kappa shape index (κ2) is 5.52. The number of carboxylic acids is 1. The maximum Gasteiger partial charge on any atom is 0.335 e. The lowest BCUT2D eigenvalue weighted by Gasteiger charge is -2.07. The van der Waals surface area contributed by atoms with E-state index in [0.717, 1.165) is 4.47 Å². The summed E-state index contributed by atoms with van der Waals surface area (Å²) in [7, 11) is 0. The molecule has 1 amide bonds. The predicted molar refractivity (Wildman–Crippen MR) is 95.3 cm³/mol. The lowest BCUT2D eigenvalue weighted by atomic mass is 9.96. The van der Waals surface area contributed by atoms with Crippen LogP contribution in [0.3, 0.4) is 0 Å². The summed E-state index contributed by atoms with van der Waals surface area (Å²) in [6, 6.07) is 9.78. The Bertz CT molecular complexity index is 1070. The average molecular weight is 400 g/mol. The highest BCUT2D eigenvalue weighted by molar-refractivity contribution is 9.10. The van der Waals surface area contributed by atoms with Gasteiger partial charge in [-0.1, -0.05) is 12.1 Å². The normalized spacial score (nSPS) is 15.9. The molecule has 0 saturated carbocycles. The molecule has 25 heavy (non-hydrogen) atoms. The van der Waals surface area contributed by atoms with Crippen LogP contribution in [0.1, 0.15) is 27.5 Å². The molecule has 124 valence electrons. The number of nitroso groups, excluding NO2 is 1. The first-order chi connectivity index (χ1) is 12.0. The van der Waals surface area contributed by atoms with Crippen molar-refractivity contribution < 1.29 is 14.7 Å². The van der Waals surface area contributed by atoms with E-state index in [0.29, 0.717) is 27.8 Å². The number of halogens is 1. The van der Waals surface area contributed by atoms with E-state index in [4.69, 9.17) is 5.11 Å². The number of carboxylic acid groups (broad SMARTS) is 1. The van der Waals surface area contributed by atoms with Gasteiger partial charge in [-0.15, -0.1) is 4.91 Å². The van der Waals surface area contributed by atoms with Gasteiger partial charge < -0.3 is 15.4 Å². The molecule has 0 saturated heterocycles. The number of carbonyl (C=O) groups is 2. The highest BCUT2D eigenvalue weighted by Crippen LogP contribution is 2.45. The Balaban J connectivity index is 1.96. The largest absolute Gasteiger partial charge is 0.478 e. The van der Waals surface area contributed by atoms with E-state index in [1.165, 1.54) is 12.1 Å². The number of anilines is 1. The Labute approximate surface area is 149 Å². The van der Waals surface area contributed by atoms with Crippen molar-refractivity contribution in [3.05, 3.63) is 62.6 Å². The highest BCUT2D eigenvalue weighted by Gasteiger charge is 2.36. The van der Waals surface area contributed by atoms with E-state index < -0.39 is 11.9 Å². The summed E-state index contributed by atoms with van der Waals surface area (Å²) in [5.41, 5.74) is 2.36. The van der Waals surface area contributed by atoms with Gasteiger partial charge in [-0.25, -0.2) is 4.79 Å². The van der Waals surface area contributed by atoms with E-state index in [1.807, 2.05) is 6.07 Å². The van der Waals surface area contributed by atoms with Gasteiger partial charge in [-0.2, -0.15) is 0 Å². The zero-order valence-corrected chi connectivity index (χ0v) is 14.1. The van der Waals surface area contributed by atoms with Crippen molar-refractivity contribution in [2.75, 3.05) is 5.32 Å². The molecule has 0 bridgehead atoms. The number of benzene rings is 2. The number of aromatic carboxylic acids is 1. The number of aromatic nitrogens is 1. The molecule has 0 spiro atoms. The molecule has 0 radical (unpaired) electrons. The molecule has 0 fully saturated rings. The van der Waals surface area contributed by atoms with Crippen LogP contribution in [0.15, 0.2) is 46.0 Å². The lowest BCUT2D eigenvalue weighted by Crippen LogP contribution is -2.13. The van der Waals surface area contributed by atoms with Crippen molar-refractivity contribution in [3.8, 4) is 0 Å². The van der Waals surface area contributed by atoms with Gasteiger partial charge in [0.25, 0.3) is 0 Å². The smallest absolute Gasteiger partial charge is 0.335 e. The zero-order valence-electron chi connectivity index (χ0n) is 12.5. The molecule has 3 aromatic rings. The molecule has 1 aromatic heterocycles. The van der Waals surface area contributed by atoms with Crippen LogP contribution in [-0.4, -0.2) is 22.0 Å². The first-order valence-electron chi connectivity index (χ1n) is 7.33. The number of fused-ring (bicyclic) bond motifs is 2. The number of H-pyrrole nitrogens is 1. The number of rotatable bonds is 3. The number of aromatic amines is 1. The fourth-order valence-electron chi connectivity index (χ4n) is 3.18. The van der Waals surface area contributed by atoms with Crippen molar-refractivity contribution in [3.63, 3.8) is 0 Å². The zero-order chi connectivity index (χ0) is 17.7. The predicted octanol–water partition coefficient (Wildman–Crippen LogP) is 4.11. The summed E-state index contributed by atoms with van der Waals surface area (Å²) in [6.45, 7) is 0. The third-order valence-electron chi connectivity index (χ3n) is 4.29. The maximum absolute atomic E-state index is 12.5. The van der Waals surface area contributed by atoms with Crippen LogP contribution in [0.5, 0.6) is 0 Å². The number of para-hydroxylation sites is 1. The lowest BCUT2D eigenvalue weighted by molar-refractivity contribution is -0.116. The van der Waals surface area contributed by atoms with Crippen molar-refractivity contribution in [1.82, 2.24) is 4.98 Å². The Morgan fingerprint density at radius 1 is 1.24 bits per heavy atom. The number of nitrogens with zero attached hydrogens (tertiary/aromatic N) is 1. The van der Waals surface area contributed by atoms with Crippen LogP contribution in [0, 0.1) is 4.91 Å². The van der Waals surface area contributed by atoms with Crippen LogP contribution in [0.2, 0.25) is 0 Å². The Hall–Kier alpha value is -3.00. The van der Waals surface area contributed by atoms with Gasteiger partial charge in [-0.05, 0) is 50.9 Å². The number of nitrogens with one attached hydrogen (secondary N) is 2. The molecule has 2 heterocycles. The Morgan fingerprint density at radius 3 is 2.76 bits per heavy atom. The summed E-state index contributed by atoms with van der Waals surface area (Å²) in [6.07, 6.45) is 0. The molecular formula is C17H10BrN3O4. The van der Waals surface area contributed by atoms with Gasteiger partial charge >= 0.3 is 5.97 Å². The van der Waals surface area contributed by atoms with E-state index in [1.54, 1.807) is 18.2 Å². The second-order valence-electron chi connectivity index (χ2n) is 5.67. The first kappa shape index (κ1) is 15.5. The van der Waals surface area contributed by atoms with Crippen LogP contribution in [0.4, 0.5) is 11.4 Å². The summed E-state index contributed by atoms with van der Waals surface area (Å²) in [5, 5.41) is 15.4. The van der Waals surface area contributed by atoms with Gasteiger partial charge in [0.15, 0.2) is 0 Å². The monoisotopic (exact) mass is 399 g/mol. The molecular weight excluding hydrogens is 390 g/mol. The number of carbonyl (C=O) groups excluding carboxylic acids is 1. The van der Waals surface area contributed by atoms with Crippen molar-refractivity contribution in [2.45, 2.75) is 5.92 Å². The van der Waals surface area contributed by atoms with E-state index in [9.17, 15) is 14.5 Å². The molecule has 4 rings (SSSR count). The molecule has 7 nitrogen and oxygen atoms in total. The average Bonchev–Trinajstić information content (AvgIpc) is 3.11. The minimum absolute atomic E-state index is 0.0435. The third-order valence-corrected chi connectivity index (χ3v) is 4.95. The fraction of sp³-hybridized carbons (Fsp3) is 0.0588. The SMILES string of the molecule is O=Nc1c(C2C(=O)Nc3c(Br)cccc32)[nH]c2ccc(C(=O)O)cc12. The minimum atomic E-state index is -1.10. The van der Waals surface area contributed by atoms with Gasteiger partial charge in [-0.3, -0.25) is 4.79 Å². The summed E-state index contributed by atoms with van der Waals surface area (Å²) >= 11 is 3.40. The first-order valence-corrected chi connectivity index (χ1v) is 8.12.